The highest BCUT2D eigenvalue weighted by Gasteiger charge is 2.22. The number of hydrogen-bond donors (Lipinski definition) is 2. The van der Waals surface area contributed by atoms with Crippen LogP contribution in [0.25, 0.3) is 10.4 Å². The fraction of sp³-hybridized carbons (Fsp3) is 0.444. The Hall–Kier alpha value is -2.52. The molecule has 1 aromatic heterocycles. The van der Waals surface area contributed by atoms with Crippen LogP contribution in [0, 0.1) is 12.3 Å². The molecule has 2 rings (SSSR count). The first-order valence-corrected chi connectivity index (χ1v) is 5.07. The molecule has 1 heterocycles. The summed E-state index contributed by atoms with van der Waals surface area (Å²) in [4.78, 5) is 14.6. The Balaban J connectivity index is 2.20. The Bertz CT molecular complexity index is 494. The highest BCUT2D eigenvalue weighted by Crippen LogP contribution is 2.23. The lowest BCUT2D eigenvalue weighted by Gasteiger charge is -2.06. The molecule has 0 saturated heterocycles. The first-order valence-electron chi connectivity index (χ1n) is 5.07. The molecule has 0 aromatic carbocycles. The van der Waals surface area contributed by atoms with Crippen molar-refractivity contribution in [1.82, 2.24) is 15.0 Å². The van der Waals surface area contributed by atoms with Gasteiger partial charge in [0.2, 0.25) is 17.8 Å². The van der Waals surface area contributed by atoms with Crippen molar-refractivity contribution >= 4 is 17.8 Å². The summed E-state index contributed by atoms with van der Waals surface area (Å²) in [7, 11) is 0. The van der Waals surface area contributed by atoms with E-state index >= 15 is 0 Å². The van der Waals surface area contributed by atoms with E-state index in [9.17, 15) is 0 Å². The predicted molar refractivity (Wildman–Crippen MR) is 62.6 cm³/mol. The summed E-state index contributed by atoms with van der Waals surface area (Å²) in [5.74, 6) is 3.11. The van der Waals surface area contributed by atoms with Crippen LogP contribution >= 0.6 is 0 Å². The van der Waals surface area contributed by atoms with Crippen LogP contribution in [-0.4, -0.2) is 27.5 Å². The lowest BCUT2D eigenvalue weighted by Crippen LogP contribution is -2.10. The second-order valence-electron chi connectivity index (χ2n) is 3.45. The number of terminal acetylenes is 1. The molecule has 1 fully saturated rings. The van der Waals surface area contributed by atoms with E-state index in [0.717, 1.165) is 12.8 Å². The van der Waals surface area contributed by atoms with E-state index in [-0.39, 0.29) is 5.95 Å². The van der Waals surface area contributed by atoms with Gasteiger partial charge >= 0.3 is 0 Å². The smallest absolute Gasteiger partial charge is 0.228 e. The summed E-state index contributed by atoms with van der Waals surface area (Å²) >= 11 is 0. The maximum Gasteiger partial charge on any atom is 0.228 e. The molecule has 1 saturated carbocycles. The van der Waals surface area contributed by atoms with Crippen molar-refractivity contribution in [1.29, 1.82) is 0 Å². The van der Waals surface area contributed by atoms with Crippen LogP contribution in [0.15, 0.2) is 5.11 Å². The average Bonchev–Trinajstić information content (AvgIpc) is 3.10. The van der Waals surface area contributed by atoms with Gasteiger partial charge in [-0.05, 0) is 23.5 Å². The third kappa shape index (κ3) is 3.22. The molecule has 0 unspecified atom stereocenters. The van der Waals surface area contributed by atoms with Gasteiger partial charge in [0.1, 0.15) is 0 Å². The summed E-state index contributed by atoms with van der Waals surface area (Å²) in [6, 6.07) is 0.400. The van der Waals surface area contributed by atoms with Gasteiger partial charge in [-0.1, -0.05) is 5.92 Å². The fourth-order valence-corrected chi connectivity index (χ4v) is 1.13. The lowest BCUT2D eigenvalue weighted by atomic mass is 10.6. The maximum atomic E-state index is 8.36. The van der Waals surface area contributed by atoms with Crippen LogP contribution in [0.1, 0.15) is 12.8 Å². The SMILES string of the molecule is C#CCNc1nc(N=[N+]=[N-])nc(NC2CC2)n1. The first-order chi connectivity index (χ1) is 8.31. The second-order valence-corrected chi connectivity index (χ2v) is 3.45. The topological polar surface area (TPSA) is 111 Å². The van der Waals surface area contributed by atoms with Crippen molar-refractivity contribution in [2.45, 2.75) is 18.9 Å². The highest BCUT2D eigenvalue weighted by atomic mass is 15.3. The standard InChI is InChI=1S/C9H10N8/c1-2-5-11-7-13-8(12-6-3-4-6)15-9(14-7)16-17-10/h1,6H,3-5H2,(H2,11,12,13,14,15). The monoisotopic (exact) mass is 230 g/mol. The molecule has 0 aliphatic heterocycles. The number of nitrogens with zero attached hydrogens (tertiary/aromatic N) is 6. The van der Waals surface area contributed by atoms with E-state index in [1.54, 1.807) is 0 Å². The van der Waals surface area contributed by atoms with Gasteiger partial charge < -0.3 is 10.6 Å². The van der Waals surface area contributed by atoms with Gasteiger partial charge in [-0.3, -0.25) is 0 Å². The van der Waals surface area contributed by atoms with E-state index in [0.29, 0.717) is 24.5 Å². The van der Waals surface area contributed by atoms with Gasteiger partial charge in [0.15, 0.2) is 0 Å². The molecule has 0 radical (unpaired) electrons. The van der Waals surface area contributed by atoms with Crippen LogP contribution < -0.4 is 10.6 Å². The van der Waals surface area contributed by atoms with Gasteiger partial charge in [-0.2, -0.15) is 15.0 Å². The van der Waals surface area contributed by atoms with E-state index in [2.05, 4.69) is 41.5 Å². The molecule has 1 aliphatic rings. The lowest BCUT2D eigenvalue weighted by molar-refractivity contribution is 0.988. The molecule has 8 nitrogen and oxygen atoms in total. The maximum absolute atomic E-state index is 8.36. The van der Waals surface area contributed by atoms with Gasteiger partial charge in [-0.15, -0.1) is 6.42 Å². The Morgan fingerprint density at radius 1 is 1.41 bits per heavy atom. The van der Waals surface area contributed by atoms with Crippen molar-refractivity contribution in [3.63, 3.8) is 0 Å². The normalized spacial score (nSPS) is 13.4. The molecule has 0 atom stereocenters. The molecule has 0 bridgehead atoms. The number of azide groups is 1. The minimum atomic E-state index is 0.0187. The van der Waals surface area contributed by atoms with E-state index in [1.807, 2.05) is 0 Å². The molecule has 86 valence electrons. The van der Waals surface area contributed by atoms with E-state index < -0.39 is 0 Å². The number of hydrogen-bond acceptors (Lipinski definition) is 6. The minimum absolute atomic E-state index is 0.0187. The first kappa shape index (κ1) is 11.0. The number of nitrogens with one attached hydrogen (secondary N) is 2. The van der Waals surface area contributed by atoms with Crippen LogP contribution in [0.3, 0.4) is 0 Å². The van der Waals surface area contributed by atoms with E-state index in [1.165, 1.54) is 0 Å². The third-order valence-electron chi connectivity index (χ3n) is 2.02. The highest BCUT2D eigenvalue weighted by molar-refractivity contribution is 5.41. The van der Waals surface area contributed by atoms with Crippen molar-refractivity contribution in [3.8, 4) is 12.3 Å². The van der Waals surface area contributed by atoms with Crippen molar-refractivity contribution < 1.29 is 0 Å². The van der Waals surface area contributed by atoms with Crippen LogP contribution in [0.2, 0.25) is 0 Å². The van der Waals surface area contributed by atoms with Crippen molar-refractivity contribution in [3.05, 3.63) is 10.4 Å². The van der Waals surface area contributed by atoms with E-state index in [4.69, 9.17) is 12.0 Å². The molecular weight excluding hydrogens is 220 g/mol. The third-order valence-corrected chi connectivity index (χ3v) is 2.02. The zero-order valence-corrected chi connectivity index (χ0v) is 8.96. The number of anilines is 2. The van der Waals surface area contributed by atoms with Crippen LogP contribution in [0.5, 0.6) is 0 Å². The molecule has 8 heteroatoms. The summed E-state index contributed by atoms with van der Waals surface area (Å²) < 4.78 is 0. The molecule has 17 heavy (non-hydrogen) atoms. The molecule has 2 N–H and O–H groups in total. The number of rotatable bonds is 5. The summed E-state index contributed by atoms with van der Waals surface area (Å²) in [6.07, 6.45) is 7.31. The van der Waals surface area contributed by atoms with Crippen molar-refractivity contribution in [2.75, 3.05) is 17.2 Å². The Labute approximate surface area is 97.5 Å². The Kier molecular flexibility index (Phi) is 3.23. The van der Waals surface area contributed by atoms with Crippen molar-refractivity contribution in [2.24, 2.45) is 5.11 Å². The van der Waals surface area contributed by atoms with Gasteiger partial charge in [-0.25, -0.2) is 0 Å². The summed E-state index contributed by atoms with van der Waals surface area (Å²) in [6.45, 7) is 0.294. The largest absolute Gasteiger partial charge is 0.351 e. The molecule has 0 amide bonds. The summed E-state index contributed by atoms with van der Waals surface area (Å²) in [5, 5.41) is 9.25. The molecular formula is C9H10N8. The quantitative estimate of drug-likeness (QED) is 0.344. The predicted octanol–water partition coefficient (Wildman–Crippen LogP) is 1.43. The van der Waals surface area contributed by atoms with Crippen LogP contribution in [0.4, 0.5) is 17.8 Å². The molecule has 1 aromatic rings. The van der Waals surface area contributed by atoms with Gasteiger partial charge in [0.25, 0.3) is 0 Å². The van der Waals surface area contributed by atoms with Gasteiger partial charge in [0.05, 0.1) is 6.54 Å². The summed E-state index contributed by atoms with van der Waals surface area (Å²) in [5.41, 5.74) is 8.36. The van der Waals surface area contributed by atoms with Gasteiger partial charge in [0, 0.05) is 11.0 Å². The zero-order valence-electron chi connectivity index (χ0n) is 8.96. The Morgan fingerprint density at radius 3 is 2.82 bits per heavy atom. The fourth-order valence-electron chi connectivity index (χ4n) is 1.13. The molecule has 1 aliphatic carbocycles. The minimum Gasteiger partial charge on any atom is -0.351 e. The molecule has 0 spiro atoms. The zero-order chi connectivity index (χ0) is 12.1. The Morgan fingerprint density at radius 2 is 2.18 bits per heavy atom. The average molecular weight is 230 g/mol. The number of aromatic nitrogens is 3. The van der Waals surface area contributed by atoms with Crippen LogP contribution in [-0.2, 0) is 0 Å². The second kappa shape index (κ2) is 5.01.